The van der Waals surface area contributed by atoms with Crippen LogP contribution in [0.3, 0.4) is 0 Å². The molecule has 0 unspecified atom stereocenters. The second-order valence-electron chi connectivity index (χ2n) is 14.0. The molecule has 2 heterocycles. The van der Waals surface area contributed by atoms with E-state index in [1.807, 2.05) is 66.7 Å². The van der Waals surface area contributed by atoms with Crippen LogP contribution in [0.15, 0.2) is 192 Å². The minimum atomic E-state index is 0.646. The molecular formula is C51H31N3O. The van der Waals surface area contributed by atoms with E-state index in [9.17, 15) is 0 Å². The predicted octanol–water partition coefficient (Wildman–Crippen LogP) is 13.6. The molecule has 9 aromatic carbocycles. The van der Waals surface area contributed by atoms with Crippen molar-refractivity contribution in [2.75, 3.05) is 0 Å². The molecule has 11 aromatic rings. The highest BCUT2D eigenvalue weighted by Gasteiger charge is 2.17. The van der Waals surface area contributed by atoms with E-state index in [4.69, 9.17) is 19.4 Å². The molecule has 0 atom stereocenters. The minimum absolute atomic E-state index is 0.646. The SMILES string of the molecule is c1ccc(-c2nc(-c3ccccc3)nc(-c3ccc(-c4ccc(-c5ccc6c(c5)c5ccccc5c5ccc7c8ccccc8oc7c56)cc4)cc3)n2)cc1. The van der Waals surface area contributed by atoms with Gasteiger partial charge in [-0.05, 0) is 67.4 Å². The molecule has 0 aliphatic rings. The lowest BCUT2D eigenvalue weighted by atomic mass is 9.91. The van der Waals surface area contributed by atoms with Crippen molar-refractivity contribution in [2.45, 2.75) is 0 Å². The molecule has 55 heavy (non-hydrogen) atoms. The largest absolute Gasteiger partial charge is 0.455 e. The van der Waals surface area contributed by atoms with Gasteiger partial charge in [-0.2, -0.15) is 0 Å². The van der Waals surface area contributed by atoms with Gasteiger partial charge in [-0.3, -0.25) is 0 Å². The van der Waals surface area contributed by atoms with Crippen molar-refractivity contribution in [2.24, 2.45) is 0 Å². The Morgan fingerprint density at radius 2 is 0.673 bits per heavy atom. The summed E-state index contributed by atoms with van der Waals surface area (Å²) in [5, 5.41) is 9.55. The number of aromatic nitrogens is 3. The normalized spacial score (nSPS) is 11.6. The maximum atomic E-state index is 6.56. The Morgan fingerprint density at radius 1 is 0.273 bits per heavy atom. The lowest BCUT2D eigenvalue weighted by molar-refractivity contribution is 0.673. The molecule has 2 aromatic heterocycles. The Balaban J connectivity index is 0.956. The van der Waals surface area contributed by atoms with Gasteiger partial charge in [-0.1, -0.05) is 170 Å². The number of para-hydroxylation sites is 1. The van der Waals surface area contributed by atoms with E-state index in [0.29, 0.717) is 17.5 Å². The molecule has 0 saturated heterocycles. The molecule has 11 rings (SSSR count). The maximum Gasteiger partial charge on any atom is 0.164 e. The van der Waals surface area contributed by atoms with Crippen LogP contribution >= 0.6 is 0 Å². The molecule has 4 heteroatoms. The average molecular weight is 702 g/mol. The average Bonchev–Trinajstić information content (AvgIpc) is 3.66. The van der Waals surface area contributed by atoms with Gasteiger partial charge in [-0.25, -0.2) is 15.0 Å². The Labute approximate surface area is 317 Å². The second kappa shape index (κ2) is 12.6. The van der Waals surface area contributed by atoms with Crippen LogP contribution in [-0.2, 0) is 0 Å². The van der Waals surface area contributed by atoms with E-state index in [1.165, 1.54) is 38.1 Å². The van der Waals surface area contributed by atoms with Gasteiger partial charge in [0.05, 0.1) is 0 Å². The number of hydrogen-bond acceptors (Lipinski definition) is 4. The number of hydrogen-bond donors (Lipinski definition) is 0. The monoisotopic (exact) mass is 701 g/mol. The zero-order valence-corrected chi connectivity index (χ0v) is 29.6. The highest BCUT2D eigenvalue weighted by atomic mass is 16.3. The number of nitrogens with zero attached hydrogens (tertiary/aromatic N) is 3. The van der Waals surface area contributed by atoms with Crippen LogP contribution in [0.25, 0.3) is 111 Å². The van der Waals surface area contributed by atoms with Crippen molar-refractivity contribution in [1.82, 2.24) is 15.0 Å². The Bertz CT molecular complexity index is 3170. The van der Waals surface area contributed by atoms with Gasteiger partial charge in [0.15, 0.2) is 17.5 Å². The van der Waals surface area contributed by atoms with Crippen molar-refractivity contribution in [3.63, 3.8) is 0 Å². The highest BCUT2D eigenvalue weighted by Crippen LogP contribution is 2.43. The topological polar surface area (TPSA) is 51.8 Å². The van der Waals surface area contributed by atoms with E-state index in [0.717, 1.165) is 55.1 Å². The van der Waals surface area contributed by atoms with Gasteiger partial charge in [0.25, 0.3) is 0 Å². The molecule has 0 spiro atoms. The van der Waals surface area contributed by atoms with Crippen LogP contribution in [0.2, 0.25) is 0 Å². The summed E-state index contributed by atoms with van der Waals surface area (Å²) in [6.07, 6.45) is 0. The fraction of sp³-hybridized carbons (Fsp3) is 0. The fourth-order valence-corrected chi connectivity index (χ4v) is 8.00. The van der Waals surface area contributed by atoms with Gasteiger partial charge in [0, 0.05) is 32.8 Å². The van der Waals surface area contributed by atoms with E-state index in [1.54, 1.807) is 0 Å². The smallest absolute Gasteiger partial charge is 0.164 e. The first-order valence-corrected chi connectivity index (χ1v) is 18.5. The third-order valence-corrected chi connectivity index (χ3v) is 10.7. The van der Waals surface area contributed by atoms with E-state index in [2.05, 4.69) is 121 Å². The fourth-order valence-electron chi connectivity index (χ4n) is 8.00. The molecule has 0 aliphatic heterocycles. The standard InChI is InChI=1S/C51H31N3O/c1-3-11-35(12-4-1)49-52-50(36-13-5-2-6-14-36)54-51(53-49)37-25-23-33(24-26-37)32-19-21-34(22-20-32)38-27-28-43-45(31-38)40-16-8-7-15-39(40)42-29-30-44-41-17-9-10-18-46(41)55-48(44)47(42)43/h1-31H. The summed E-state index contributed by atoms with van der Waals surface area (Å²) in [5.74, 6) is 1.95. The molecule has 0 fully saturated rings. The molecule has 0 radical (unpaired) electrons. The first-order chi connectivity index (χ1) is 27.2. The van der Waals surface area contributed by atoms with Crippen LogP contribution in [0.4, 0.5) is 0 Å². The Hall–Kier alpha value is -7.43. The first kappa shape index (κ1) is 31.1. The molecule has 0 bridgehead atoms. The van der Waals surface area contributed by atoms with Crippen LogP contribution in [-0.4, -0.2) is 15.0 Å². The number of rotatable bonds is 5. The lowest BCUT2D eigenvalue weighted by Gasteiger charge is -2.13. The van der Waals surface area contributed by atoms with Gasteiger partial charge in [0.1, 0.15) is 11.2 Å². The van der Waals surface area contributed by atoms with Crippen molar-refractivity contribution in [1.29, 1.82) is 0 Å². The summed E-state index contributed by atoms with van der Waals surface area (Å²) >= 11 is 0. The van der Waals surface area contributed by atoms with Gasteiger partial charge >= 0.3 is 0 Å². The number of furan rings is 1. The zero-order valence-electron chi connectivity index (χ0n) is 29.6. The predicted molar refractivity (Wildman–Crippen MR) is 227 cm³/mol. The summed E-state index contributed by atoms with van der Waals surface area (Å²) in [6.45, 7) is 0. The van der Waals surface area contributed by atoms with Crippen molar-refractivity contribution < 1.29 is 4.42 Å². The summed E-state index contributed by atoms with van der Waals surface area (Å²) in [6, 6.07) is 65.8. The van der Waals surface area contributed by atoms with Crippen LogP contribution in [0.1, 0.15) is 0 Å². The van der Waals surface area contributed by atoms with Gasteiger partial charge < -0.3 is 4.42 Å². The molecule has 4 nitrogen and oxygen atoms in total. The summed E-state index contributed by atoms with van der Waals surface area (Å²) in [7, 11) is 0. The number of benzene rings is 9. The van der Waals surface area contributed by atoms with E-state index < -0.39 is 0 Å². The highest BCUT2D eigenvalue weighted by molar-refractivity contribution is 6.32. The van der Waals surface area contributed by atoms with E-state index in [-0.39, 0.29) is 0 Å². The zero-order chi connectivity index (χ0) is 36.3. The third kappa shape index (κ3) is 5.26. The third-order valence-electron chi connectivity index (χ3n) is 10.7. The number of fused-ring (bicyclic) bond motifs is 10. The summed E-state index contributed by atoms with van der Waals surface area (Å²) in [4.78, 5) is 14.6. The van der Waals surface area contributed by atoms with Crippen LogP contribution < -0.4 is 0 Å². The second-order valence-corrected chi connectivity index (χ2v) is 14.0. The minimum Gasteiger partial charge on any atom is -0.455 e. The van der Waals surface area contributed by atoms with Crippen molar-refractivity contribution in [3.8, 4) is 56.4 Å². The maximum absolute atomic E-state index is 6.56. The molecule has 0 saturated carbocycles. The molecule has 256 valence electrons. The summed E-state index contributed by atoms with van der Waals surface area (Å²) < 4.78 is 6.56. The van der Waals surface area contributed by atoms with E-state index >= 15 is 0 Å². The van der Waals surface area contributed by atoms with Crippen molar-refractivity contribution >= 4 is 54.3 Å². The van der Waals surface area contributed by atoms with Crippen molar-refractivity contribution in [3.05, 3.63) is 188 Å². The molecule has 0 N–H and O–H groups in total. The Morgan fingerprint density at radius 3 is 1.27 bits per heavy atom. The summed E-state index contributed by atoms with van der Waals surface area (Å²) in [5.41, 5.74) is 9.32. The Kier molecular flexibility index (Phi) is 7.14. The lowest BCUT2D eigenvalue weighted by Crippen LogP contribution is -2.00. The van der Waals surface area contributed by atoms with Gasteiger partial charge in [-0.15, -0.1) is 0 Å². The van der Waals surface area contributed by atoms with Gasteiger partial charge in [0.2, 0.25) is 0 Å². The quantitative estimate of drug-likeness (QED) is 0.168. The molecular weight excluding hydrogens is 671 g/mol. The van der Waals surface area contributed by atoms with Crippen LogP contribution in [0.5, 0.6) is 0 Å². The molecule has 0 aliphatic carbocycles. The van der Waals surface area contributed by atoms with Crippen LogP contribution in [0, 0.1) is 0 Å². The molecule has 0 amide bonds. The first-order valence-electron chi connectivity index (χ1n) is 18.5.